The molecule has 1 atom stereocenters. The van der Waals surface area contributed by atoms with Crippen molar-refractivity contribution in [3.8, 4) is 5.69 Å². The summed E-state index contributed by atoms with van der Waals surface area (Å²) in [5.41, 5.74) is 3.68. The van der Waals surface area contributed by atoms with Gasteiger partial charge in [0.05, 0.1) is 11.7 Å². The van der Waals surface area contributed by atoms with Crippen LogP contribution >= 0.6 is 0 Å². The number of benzene rings is 2. The maximum absolute atomic E-state index is 12.8. The Morgan fingerprint density at radius 1 is 1.06 bits per heavy atom. The SMILES string of the molecule is Cc1ccccc1C(=O)N1CCC(C(=O)NC(C)c2ccc(-n3cncn3)cc2)CC1. The van der Waals surface area contributed by atoms with E-state index in [-0.39, 0.29) is 23.8 Å². The number of carbonyl (C=O) groups excluding carboxylic acids is 2. The minimum Gasteiger partial charge on any atom is -0.349 e. The number of hydrogen-bond acceptors (Lipinski definition) is 4. The van der Waals surface area contributed by atoms with Crippen LogP contribution in [0.3, 0.4) is 0 Å². The van der Waals surface area contributed by atoms with Crippen molar-refractivity contribution < 1.29 is 9.59 Å². The number of likely N-dealkylation sites (tertiary alicyclic amines) is 1. The van der Waals surface area contributed by atoms with E-state index in [2.05, 4.69) is 15.4 Å². The Morgan fingerprint density at radius 3 is 2.42 bits per heavy atom. The summed E-state index contributed by atoms with van der Waals surface area (Å²) in [5.74, 6) is 0.0337. The predicted molar refractivity (Wildman–Crippen MR) is 118 cm³/mol. The van der Waals surface area contributed by atoms with Gasteiger partial charge in [-0.15, -0.1) is 0 Å². The minimum atomic E-state index is -0.0936. The summed E-state index contributed by atoms with van der Waals surface area (Å²) in [5, 5.41) is 7.25. The molecule has 0 bridgehead atoms. The molecule has 0 aliphatic carbocycles. The average molecular weight is 418 g/mol. The van der Waals surface area contributed by atoms with Crippen LogP contribution in [0.2, 0.25) is 0 Å². The second-order valence-corrected chi connectivity index (χ2v) is 8.04. The van der Waals surface area contributed by atoms with Crippen molar-refractivity contribution in [2.45, 2.75) is 32.7 Å². The summed E-state index contributed by atoms with van der Waals surface area (Å²) < 4.78 is 1.69. The summed E-state index contributed by atoms with van der Waals surface area (Å²) in [6, 6.07) is 15.5. The molecule has 160 valence electrons. The Bertz CT molecular complexity index is 1040. The number of nitrogens with zero attached hydrogens (tertiary/aromatic N) is 4. The number of hydrogen-bond donors (Lipinski definition) is 1. The lowest BCUT2D eigenvalue weighted by atomic mass is 9.94. The van der Waals surface area contributed by atoms with Crippen LogP contribution in [0.5, 0.6) is 0 Å². The molecule has 7 heteroatoms. The molecular formula is C24H27N5O2. The Balaban J connectivity index is 1.30. The minimum absolute atomic E-state index is 0.0517. The highest BCUT2D eigenvalue weighted by Gasteiger charge is 2.29. The molecule has 0 radical (unpaired) electrons. The number of aromatic nitrogens is 3. The fraction of sp³-hybridized carbons (Fsp3) is 0.333. The molecule has 1 fully saturated rings. The van der Waals surface area contributed by atoms with E-state index in [1.54, 1.807) is 11.0 Å². The highest BCUT2D eigenvalue weighted by atomic mass is 16.2. The molecule has 3 aromatic rings. The second kappa shape index (κ2) is 9.12. The largest absolute Gasteiger partial charge is 0.349 e. The Kier molecular flexibility index (Phi) is 6.11. The van der Waals surface area contributed by atoms with Crippen LogP contribution in [0, 0.1) is 12.8 Å². The first-order valence-electron chi connectivity index (χ1n) is 10.6. The van der Waals surface area contributed by atoms with Gasteiger partial charge in [-0.3, -0.25) is 9.59 Å². The molecule has 7 nitrogen and oxygen atoms in total. The molecule has 1 aromatic heterocycles. The lowest BCUT2D eigenvalue weighted by Gasteiger charge is -2.32. The number of nitrogens with one attached hydrogen (secondary N) is 1. The molecule has 1 aliphatic rings. The van der Waals surface area contributed by atoms with Crippen molar-refractivity contribution in [2.75, 3.05) is 13.1 Å². The zero-order chi connectivity index (χ0) is 21.8. The van der Waals surface area contributed by atoms with Gasteiger partial charge in [-0.25, -0.2) is 9.67 Å². The third-order valence-electron chi connectivity index (χ3n) is 5.96. The van der Waals surface area contributed by atoms with Crippen LogP contribution in [0.1, 0.15) is 47.3 Å². The smallest absolute Gasteiger partial charge is 0.254 e. The Labute approximate surface area is 182 Å². The number of rotatable bonds is 5. The molecule has 0 spiro atoms. The molecule has 1 saturated heterocycles. The normalized spacial score (nSPS) is 15.5. The second-order valence-electron chi connectivity index (χ2n) is 8.04. The lowest BCUT2D eigenvalue weighted by Crippen LogP contribution is -2.43. The maximum atomic E-state index is 12.8. The summed E-state index contributed by atoms with van der Waals surface area (Å²) in [4.78, 5) is 31.4. The van der Waals surface area contributed by atoms with E-state index in [9.17, 15) is 9.59 Å². The van der Waals surface area contributed by atoms with Crippen molar-refractivity contribution in [3.05, 3.63) is 77.9 Å². The molecule has 1 unspecified atom stereocenters. The van der Waals surface area contributed by atoms with Crippen molar-refractivity contribution in [1.82, 2.24) is 25.0 Å². The first-order chi connectivity index (χ1) is 15.0. The van der Waals surface area contributed by atoms with Crippen LogP contribution in [0.15, 0.2) is 61.2 Å². The van der Waals surface area contributed by atoms with Gasteiger partial charge >= 0.3 is 0 Å². The highest BCUT2D eigenvalue weighted by molar-refractivity contribution is 5.95. The van der Waals surface area contributed by atoms with Crippen molar-refractivity contribution in [1.29, 1.82) is 0 Å². The van der Waals surface area contributed by atoms with Crippen LogP contribution in [-0.2, 0) is 4.79 Å². The number of aryl methyl sites for hydroxylation is 1. The van der Waals surface area contributed by atoms with E-state index in [4.69, 9.17) is 0 Å². The van der Waals surface area contributed by atoms with Gasteiger partial charge in [-0.2, -0.15) is 5.10 Å². The van der Waals surface area contributed by atoms with Gasteiger partial charge < -0.3 is 10.2 Å². The van der Waals surface area contributed by atoms with E-state index in [0.29, 0.717) is 25.9 Å². The third kappa shape index (κ3) is 4.66. The van der Waals surface area contributed by atoms with Crippen LogP contribution in [-0.4, -0.2) is 44.6 Å². The third-order valence-corrected chi connectivity index (χ3v) is 5.96. The number of piperidine rings is 1. The Hall–Kier alpha value is -3.48. The summed E-state index contributed by atoms with van der Waals surface area (Å²) >= 11 is 0. The van der Waals surface area contributed by atoms with E-state index < -0.39 is 0 Å². The zero-order valence-electron chi connectivity index (χ0n) is 17.9. The molecular weight excluding hydrogens is 390 g/mol. The number of amides is 2. The molecule has 0 saturated carbocycles. The quantitative estimate of drug-likeness (QED) is 0.691. The van der Waals surface area contributed by atoms with Crippen LogP contribution < -0.4 is 5.32 Å². The van der Waals surface area contributed by atoms with Crippen molar-refractivity contribution >= 4 is 11.8 Å². The topological polar surface area (TPSA) is 80.1 Å². The maximum Gasteiger partial charge on any atom is 0.254 e. The zero-order valence-corrected chi connectivity index (χ0v) is 17.9. The van der Waals surface area contributed by atoms with E-state index in [1.807, 2.05) is 67.3 Å². The van der Waals surface area contributed by atoms with Gasteiger partial charge in [-0.05, 0) is 56.0 Å². The van der Waals surface area contributed by atoms with Crippen molar-refractivity contribution in [2.24, 2.45) is 5.92 Å². The predicted octanol–water partition coefficient (Wildman–Crippen LogP) is 3.31. The Morgan fingerprint density at radius 2 is 1.77 bits per heavy atom. The summed E-state index contributed by atoms with van der Waals surface area (Å²) in [6.07, 6.45) is 4.51. The summed E-state index contributed by atoms with van der Waals surface area (Å²) in [6.45, 7) is 5.14. The highest BCUT2D eigenvalue weighted by Crippen LogP contribution is 2.22. The van der Waals surface area contributed by atoms with Crippen LogP contribution in [0.25, 0.3) is 5.69 Å². The summed E-state index contributed by atoms with van der Waals surface area (Å²) in [7, 11) is 0. The number of carbonyl (C=O) groups is 2. The fourth-order valence-corrected chi connectivity index (χ4v) is 4.00. The molecule has 31 heavy (non-hydrogen) atoms. The first kappa shape index (κ1) is 20.8. The van der Waals surface area contributed by atoms with Crippen LogP contribution in [0.4, 0.5) is 0 Å². The molecule has 2 heterocycles. The van der Waals surface area contributed by atoms with E-state index in [0.717, 1.165) is 22.4 Å². The monoisotopic (exact) mass is 417 g/mol. The van der Waals surface area contributed by atoms with Gasteiger partial charge in [0.25, 0.3) is 5.91 Å². The molecule has 2 aromatic carbocycles. The molecule has 4 rings (SSSR count). The molecule has 1 N–H and O–H groups in total. The van der Waals surface area contributed by atoms with Gasteiger partial charge in [0.1, 0.15) is 12.7 Å². The first-order valence-corrected chi connectivity index (χ1v) is 10.6. The lowest BCUT2D eigenvalue weighted by molar-refractivity contribution is -0.127. The standard InChI is InChI=1S/C24H27N5O2/c1-17-5-3-4-6-22(17)24(31)28-13-11-20(12-14-28)23(30)27-18(2)19-7-9-21(10-8-19)29-16-25-15-26-29/h3-10,15-16,18,20H,11-14H2,1-2H3,(H,27,30). The van der Waals surface area contributed by atoms with Crippen molar-refractivity contribution in [3.63, 3.8) is 0 Å². The molecule has 1 aliphatic heterocycles. The van der Waals surface area contributed by atoms with E-state index in [1.165, 1.54) is 6.33 Å². The van der Waals surface area contributed by atoms with Gasteiger partial charge in [0.15, 0.2) is 0 Å². The molecule has 2 amide bonds. The fourth-order valence-electron chi connectivity index (χ4n) is 4.00. The average Bonchev–Trinajstić information content (AvgIpc) is 3.34. The van der Waals surface area contributed by atoms with Gasteiger partial charge in [0, 0.05) is 24.6 Å². The van der Waals surface area contributed by atoms with E-state index >= 15 is 0 Å². The van der Waals surface area contributed by atoms with Gasteiger partial charge in [0.2, 0.25) is 5.91 Å². The van der Waals surface area contributed by atoms with Gasteiger partial charge in [-0.1, -0.05) is 30.3 Å².